The van der Waals surface area contributed by atoms with Gasteiger partial charge in [0, 0.05) is 35.5 Å². The normalized spacial score (nSPS) is 12.1. The number of ether oxygens (including phenoxy) is 1. The average Bonchev–Trinajstić information content (AvgIpc) is 3.43. The van der Waals surface area contributed by atoms with E-state index in [2.05, 4.69) is 31.3 Å². The smallest absolute Gasteiger partial charge is 0.316 e. The summed E-state index contributed by atoms with van der Waals surface area (Å²) in [6, 6.07) is 19.5. The van der Waals surface area contributed by atoms with Gasteiger partial charge >= 0.3 is 6.01 Å². The minimum Gasteiger partial charge on any atom is -0.467 e. The Morgan fingerprint density at radius 3 is 2.57 bits per heavy atom. The molecule has 0 spiro atoms. The van der Waals surface area contributed by atoms with Gasteiger partial charge in [-0.1, -0.05) is 36.4 Å². The monoisotopic (exact) mass is 506 g/mol. The number of pyridine rings is 2. The lowest BCUT2D eigenvalue weighted by molar-refractivity contribution is 0.380. The van der Waals surface area contributed by atoms with Gasteiger partial charge in [-0.05, 0) is 42.1 Å². The summed E-state index contributed by atoms with van der Waals surface area (Å²) in [5.41, 5.74) is 5.58. The number of hydrogen-bond acceptors (Lipinski definition) is 8. The van der Waals surface area contributed by atoms with Gasteiger partial charge in [0.05, 0.1) is 28.7 Å². The highest BCUT2D eigenvalue weighted by Gasteiger charge is 2.20. The second kappa shape index (κ2) is 9.44. The van der Waals surface area contributed by atoms with E-state index in [9.17, 15) is 4.79 Å². The van der Waals surface area contributed by atoms with Crippen molar-refractivity contribution >= 4 is 38.1 Å². The molecule has 0 saturated carbocycles. The first-order valence-electron chi connectivity index (χ1n) is 11.7. The molecule has 37 heavy (non-hydrogen) atoms. The number of aromatic nitrogens is 5. The van der Waals surface area contributed by atoms with Gasteiger partial charge in [0.1, 0.15) is 5.52 Å². The highest BCUT2D eigenvalue weighted by atomic mass is 32.1. The summed E-state index contributed by atoms with van der Waals surface area (Å²) in [6.45, 7) is 2.02. The third-order valence-electron chi connectivity index (χ3n) is 6.26. The van der Waals surface area contributed by atoms with Crippen molar-refractivity contribution in [2.75, 3.05) is 12.4 Å². The summed E-state index contributed by atoms with van der Waals surface area (Å²) in [6.07, 6.45) is 5.11. The van der Waals surface area contributed by atoms with Crippen LogP contribution in [0, 0.1) is 0 Å². The van der Waals surface area contributed by atoms with Crippen LogP contribution in [-0.2, 0) is 0 Å². The number of fused-ring (bicyclic) bond motifs is 2. The van der Waals surface area contributed by atoms with Crippen LogP contribution in [0.3, 0.4) is 0 Å². The van der Waals surface area contributed by atoms with Crippen LogP contribution in [0.4, 0.5) is 5.82 Å². The van der Waals surface area contributed by atoms with Crippen molar-refractivity contribution in [2.45, 2.75) is 13.0 Å². The summed E-state index contributed by atoms with van der Waals surface area (Å²) in [5.74, 6) is 0.683. The van der Waals surface area contributed by atoms with Gasteiger partial charge in [-0.2, -0.15) is 0 Å². The Bertz CT molecular complexity index is 1780. The fourth-order valence-corrected chi connectivity index (χ4v) is 5.19. The molecule has 0 bridgehead atoms. The molecule has 0 amide bonds. The quantitative estimate of drug-likeness (QED) is 0.313. The lowest BCUT2D eigenvalue weighted by Crippen LogP contribution is -2.26. The van der Waals surface area contributed by atoms with Gasteiger partial charge in [0.2, 0.25) is 0 Å². The fourth-order valence-electron chi connectivity index (χ4n) is 4.52. The number of hydrogen-bond donors (Lipinski definition) is 1. The first-order valence-corrected chi connectivity index (χ1v) is 12.6. The minimum absolute atomic E-state index is 0.126. The van der Waals surface area contributed by atoms with Crippen LogP contribution in [0.15, 0.2) is 89.6 Å². The van der Waals surface area contributed by atoms with Crippen molar-refractivity contribution in [3.8, 4) is 22.8 Å². The summed E-state index contributed by atoms with van der Waals surface area (Å²) in [5, 5.41) is 4.91. The van der Waals surface area contributed by atoms with Crippen LogP contribution < -0.4 is 15.6 Å². The van der Waals surface area contributed by atoms with Crippen LogP contribution in [0.5, 0.6) is 6.01 Å². The highest BCUT2D eigenvalue weighted by Crippen LogP contribution is 2.31. The second-order valence-electron chi connectivity index (χ2n) is 8.50. The molecule has 0 aliphatic heterocycles. The van der Waals surface area contributed by atoms with E-state index in [0.717, 1.165) is 38.1 Å². The van der Waals surface area contributed by atoms with Gasteiger partial charge in [-0.15, -0.1) is 11.3 Å². The largest absolute Gasteiger partial charge is 0.467 e. The van der Waals surface area contributed by atoms with E-state index >= 15 is 0 Å². The maximum Gasteiger partial charge on any atom is 0.316 e. The molecule has 4 heterocycles. The number of anilines is 1. The molecule has 0 radical (unpaired) electrons. The molecule has 0 saturated heterocycles. The van der Waals surface area contributed by atoms with Crippen molar-refractivity contribution in [2.24, 2.45) is 0 Å². The number of para-hydroxylation sites is 1. The second-order valence-corrected chi connectivity index (χ2v) is 9.38. The van der Waals surface area contributed by atoms with Crippen LogP contribution in [0.1, 0.15) is 18.7 Å². The van der Waals surface area contributed by atoms with Crippen LogP contribution in [0.25, 0.3) is 37.8 Å². The summed E-state index contributed by atoms with van der Waals surface area (Å²) in [4.78, 5) is 31.7. The molecule has 1 N–H and O–H groups in total. The van der Waals surface area contributed by atoms with Crippen molar-refractivity contribution in [3.05, 3.63) is 101 Å². The molecule has 0 aliphatic carbocycles. The first-order chi connectivity index (χ1) is 18.1. The van der Waals surface area contributed by atoms with Gasteiger partial charge in [-0.3, -0.25) is 9.36 Å². The van der Waals surface area contributed by atoms with E-state index < -0.39 is 0 Å². The Kier molecular flexibility index (Phi) is 5.82. The van der Waals surface area contributed by atoms with E-state index in [1.54, 1.807) is 34.5 Å². The van der Waals surface area contributed by atoms with E-state index in [0.29, 0.717) is 11.2 Å². The molecular weight excluding hydrogens is 484 g/mol. The topological polar surface area (TPSA) is 94.8 Å². The lowest BCUT2D eigenvalue weighted by atomic mass is 9.99. The Balaban J connectivity index is 1.55. The molecule has 4 aromatic heterocycles. The predicted molar refractivity (Wildman–Crippen MR) is 147 cm³/mol. The summed E-state index contributed by atoms with van der Waals surface area (Å²) < 4.78 is 7.91. The zero-order valence-electron chi connectivity index (χ0n) is 20.1. The lowest BCUT2D eigenvalue weighted by Gasteiger charge is -2.22. The first kappa shape index (κ1) is 22.8. The Morgan fingerprint density at radius 2 is 1.78 bits per heavy atom. The van der Waals surface area contributed by atoms with Crippen molar-refractivity contribution in [1.29, 1.82) is 0 Å². The fraction of sp³-hybridized carbons (Fsp3) is 0.107. The van der Waals surface area contributed by atoms with Crippen LogP contribution in [-0.4, -0.2) is 31.6 Å². The third-order valence-corrected chi connectivity index (χ3v) is 7.05. The maximum absolute atomic E-state index is 14.2. The molecule has 0 fully saturated rings. The van der Waals surface area contributed by atoms with E-state index in [4.69, 9.17) is 4.74 Å². The molecule has 2 aromatic carbocycles. The number of thiazole rings is 1. The molecule has 0 aliphatic rings. The third kappa shape index (κ3) is 4.09. The number of methoxy groups -OCH3 is 1. The van der Waals surface area contributed by atoms with Crippen LogP contribution in [0.2, 0.25) is 0 Å². The molecule has 182 valence electrons. The standard InChI is InChI=1S/C28H22N6O2S/c1-17(33-26-25-23(11-12-29-26)37-16-32-25)22-13-18-7-6-10-21(19-14-30-28(36-2)31-15-19)24(18)27(35)34(22)20-8-4-3-5-9-20/h3-17H,1-2H3,(H,29,33)/t17-/m0/s1. The molecule has 9 heteroatoms. The maximum atomic E-state index is 14.2. The van der Waals surface area contributed by atoms with Gasteiger partial charge in [0.25, 0.3) is 5.56 Å². The zero-order chi connectivity index (χ0) is 25.4. The number of benzene rings is 2. The van der Waals surface area contributed by atoms with Crippen LogP contribution >= 0.6 is 11.3 Å². The highest BCUT2D eigenvalue weighted by molar-refractivity contribution is 7.16. The molecule has 8 nitrogen and oxygen atoms in total. The van der Waals surface area contributed by atoms with Crippen molar-refractivity contribution < 1.29 is 4.74 Å². The average molecular weight is 507 g/mol. The van der Waals surface area contributed by atoms with Gasteiger partial charge < -0.3 is 10.1 Å². The predicted octanol–water partition coefficient (Wildman–Crippen LogP) is 5.63. The van der Waals surface area contributed by atoms with E-state index in [1.165, 1.54) is 7.11 Å². The molecular formula is C28H22N6O2S. The molecule has 0 unspecified atom stereocenters. The summed E-state index contributed by atoms with van der Waals surface area (Å²) >= 11 is 1.57. The molecule has 6 aromatic rings. The van der Waals surface area contributed by atoms with Crippen molar-refractivity contribution in [1.82, 2.24) is 24.5 Å². The number of nitrogens with zero attached hydrogens (tertiary/aromatic N) is 5. The number of rotatable bonds is 6. The minimum atomic E-state index is -0.245. The van der Waals surface area contributed by atoms with E-state index in [1.807, 2.05) is 67.0 Å². The van der Waals surface area contributed by atoms with Crippen molar-refractivity contribution in [3.63, 3.8) is 0 Å². The SMILES string of the molecule is COc1ncc(-c2cccc3cc([C@H](C)Nc4nccc5scnc45)n(-c4ccccc4)c(=O)c23)cn1. The zero-order valence-corrected chi connectivity index (χ0v) is 20.9. The summed E-state index contributed by atoms with van der Waals surface area (Å²) in [7, 11) is 1.52. The van der Waals surface area contributed by atoms with Gasteiger partial charge in [0.15, 0.2) is 5.82 Å². The Hall–Kier alpha value is -4.63. The molecule has 1 atom stereocenters. The molecule has 6 rings (SSSR count). The number of nitrogens with one attached hydrogen (secondary N) is 1. The Labute approximate surface area is 216 Å². The Morgan fingerprint density at radius 1 is 0.973 bits per heavy atom. The van der Waals surface area contributed by atoms with E-state index in [-0.39, 0.29) is 17.6 Å². The van der Waals surface area contributed by atoms with Gasteiger partial charge in [-0.25, -0.2) is 19.9 Å².